The third-order valence-corrected chi connectivity index (χ3v) is 21.3. The van der Waals surface area contributed by atoms with Crippen molar-refractivity contribution < 1.29 is 42.9 Å². The van der Waals surface area contributed by atoms with E-state index in [2.05, 4.69) is 85.5 Å². The van der Waals surface area contributed by atoms with Crippen molar-refractivity contribution in [3.8, 4) is 23.3 Å². The molecule has 13 atom stereocenters. The van der Waals surface area contributed by atoms with Gasteiger partial charge in [-0.15, -0.1) is 0 Å². The number of aromatic hydroxyl groups is 1. The summed E-state index contributed by atoms with van der Waals surface area (Å²) in [4.78, 5) is 5.18. The maximum Gasteiger partial charge on any atom is 0.268 e. The molecule has 0 aromatic heterocycles. The van der Waals surface area contributed by atoms with Gasteiger partial charge in [-0.25, -0.2) is 4.99 Å². The third kappa shape index (κ3) is 12.0. The van der Waals surface area contributed by atoms with Gasteiger partial charge in [0.2, 0.25) is 5.72 Å². The van der Waals surface area contributed by atoms with Crippen LogP contribution in [-0.2, 0) is 46.4 Å². The topological polar surface area (TPSA) is 218 Å². The lowest BCUT2D eigenvalue weighted by atomic mass is 9.64. The normalized spacial score (nSPS) is 29.4. The molecular formula is C71H79N3O9S. The predicted octanol–water partition coefficient (Wildman–Crippen LogP) is 11.6. The average Bonchev–Trinajstić information content (AvgIpc) is 3.84. The predicted molar refractivity (Wildman–Crippen MR) is 327 cm³/mol. The summed E-state index contributed by atoms with van der Waals surface area (Å²) >= 11 is 0. The number of nitrogens with zero attached hydrogens (tertiary/aromatic N) is 1. The van der Waals surface area contributed by atoms with E-state index in [1.807, 2.05) is 66.7 Å². The molecule has 2 fully saturated rings. The van der Waals surface area contributed by atoms with Gasteiger partial charge in [0.1, 0.15) is 17.6 Å². The lowest BCUT2D eigenvalue weighted by Crippen LogP contribution is -2.48. The number of aliphatic imine (C=N–C) groups is 1. The molecule has 0 spiro atoms. The number of phenolic OH excluding ortho intramolecular Hbond substituents is 1. The summed E-state index contributed by atoms with van der Waals surface area (Å²) in [6.07, 6.45) is 8.95. The van der Waals surface area contributed by atoms with Crippen LogP contribution in [0.4, 0.5) is 0 Å². The van der Waals surface area contributed by atoms with Gasteiger partial charge in [-0.2, -0.15) is 8.42 Å². The lowest BCUT2D eigenvalue weighted by Gasteiger charge is -2.46. The number of rotatable bonds is 12. The Hall–Kier alpha value is -6.76. The maximum absolute atomic E-state index is 14.5. The van der Waals surface area contributed by atoms with Crippen molar-refractivity contribution in [3.63, 3.8) is 0 Å². The molecule has 13 heteroatoms. The summed E-state index contributed by atoms with van der Waals surface area (Å²) in [5.41, 5.74) is 21.6. The van der Waals surface area contributed by atoms with Crippen LogP contribution in [0.5, 0.6) is 11.5 Å². The molecule has 438 valence electrons. The monoisotopic (exact) mass is 1150 g/mol. The smallest absolute Gasteiger partial charge is 0.268 e. The molecule has 12 nitrogen and oxygen atoms in total. The van der Waals surface area contributed by atoms with Gasteiger partial charge in [0.25, 0.3) is 10.1 Å². The second kappa shape index (κ2) is 24.0. The lowest BCUT2D eigenvalue weighted by molar-refractivity contribution is -0.0834. The molecule has 5 heterocycles. The van der Waals surface area contributed by atoms with Crippen molar-refractivity contribution in [2.24, 2.45) is 46.0 Å². The summed E-state index contributed by atoms with van der Waals surface area (Å²) in [7, 11) is -4.71. The Morgan fingerprint density at radius 2 is 1.58 bits per heavy atom. The molecule has 14 rings (SSSR count). The van der Waals surface area contributed by atoms with E-state index in [1.54, 1.807) is 12.1 Å². The van der Waals surface area contributed by atoms with Crippen LogP contribution in [0.25, 0.3) is 0 Å². The van der Waals surface area contributed by atoms with E-state index < -0.39 is 50.6 Å². The molecule has 10 bridgehead atoms. The van der Waals surface area contributed by atoms with E-state index in [9.17, 15) is 33.4 Å². The minimum Gasteiger partial charge on any atom is -0.508 e. The van der Waals surface area contributed by atoms with Gasteiger partial charge in [-0.1, -0.05) is 140 Å². The first-order valence-corrected chi connectivity index (χ1v) is 31.9. The molecule has 0 radical (unpaired) electrons. The molecule has 1 saturated carbocycles. The number of benzene rings is 6. The van der Waals surface area contributed by atoms with Crippen LogP contribution in [0.3, 0.4) is 0 Å². The number of aliphatic hydroxyl groups excluding tert-OH is 2. The number of phenols is 1. The molecule has 9 N–H and O–H groups in total. The first-order valence-electron chi connectivity index (χ1n) is 30.4. The van der Waals surface area contributed by atoms with Crippen molar-refractivity contribution in [2.45, 2.75) is 150 Å². The fourth-order valence-electron chi connectivity index (χ4n) is 15.9. The van der Waals surface area contributed by atoms with Crippen LogP contribution in [-0.4, -0.2) is 62.9 Å². The van der Waals surface area contributed by atoms with Crippen LogP contribution in [0.2, 0.25) is 0 Å². The first-order chi connectivity index (χ1) is 40.5. The van der Waals surface area contributed by atoms with Crippen LogP contribution >= 0.6 is 0 Å². The van der Waals surface area contributed by atoms with Crippen molar-refractivity contribution in [1.82, 2.24) is 0 Å². The maximum atomic E-state index is 14.5. The number of aryl methyl sites for hydroxylation is 1. The summed E-state index contributed by atoms with van der Waals surface area (Å²) in [6, 6.07) is 46.2. The quantitative estimate of drug-likeness (QED) is 0.0201. The molecule has 5 aliphatic heterocycles. The summed E-state index contributed by atoms with van der Waals surface area (Å²) in [6.45, 7) is 2.02. The van der Waals surface area contributed by atoms with Crippen LogP contribution in [0.1, 0.15) is 163 Å². The fourth-order valence-corrected chi connectivity index (χ4v) is 17.0. The molecule has 8 aliphatic rings. The highest BCUT2D eigenvalue weighted by Crippen LogP contribution is 2.56. The minimum absolute atomic E-state index is 0.0135. The van der Waals surface area contributed by atoms with E-state index in [1.165, 1.54) is 0 Å². The number of aliphatic hydroxyl groups is 3. The standard InChI is InChI=1S/C71H79N3O9S/c1-44-17-18-51-36-60-26-28-62(51)64(44)39-66(84(79,80)81)65-38-56-34-55(37-61-32-47(42-75)14-8-15-50-35-59(77)25-27-63(50)68(56)82-61)67(65)48-21-23-57(24-22-48)71(83-60,74-69(72)73)41-58(31-46-12-6-3-7-13-46)70(78)29-9-16-52(40-70)49-19-20-53(43-76)54(33-49)30-45-10-4-2-5-11-45/h2-7,10-13,19-28,33,35-36,38,44,47,52,55,58,61,64-68,75-78H,9,14,16-18,29-32,34,37,39-43H2,1H3,(H4,72,73,74)(H,79,80,81)/t44-,47+,52+,55-,58+,61-,64+,65-,66-,67+,68-,70-,71+/m1/s1. The van der Waals surface area contributed by atoms with E-state index in [0.29, 0.717) is 68.2 Å². The molecule has 0 amide bonds. The zero-order chi connectivity index (χ0) is 58.3. The number of allylic oxidation sites excluding steroid dienone is 1. The molecule has 3 aliphatic carbocycles. The minimum atomic E-state index is -4.71. The Morgan fingerprint density at radius 1 is 0.833 bits per heavy atom. The molecule has 6 aromatic carbocycles. The number of fused-ring (bicyclic) bond motifs is 9. The van der Waals surface area contributed by atoms with Crippen LogP contribution < -0.4 is 16.2 Å². The van der Waals surface area contributed by atoms with E-state index in [4.69, 9.17) is 25.9 Å². The SMILES string of the molecule is C[C@@H]1CCc2cc3ccc2[C@H]1C[C@@H](S(=O)(=O)O)[C@H]1C=C2C[C@H](C[C@H]4C[C@@H](CO)CC#Cc5cc(O)ccc5[C@@H]2O4)[C@@H]1c1ccc(cc1)[C@@](C[C@H](Cc1ccccc1)[C@@]1(O)CCC[C@H](c2ccc(CO)c(Cc4ccccc4)c2)C1)(N=C(N)N)O3. The van der Waals surface area contributed by atoms with Crippen molar-refractivity contribution in [2.75, 3.05) is 6.61 Å². The second-order valence-electron chi connectivity index (χ2n) is 25.4. The van der Waals surface area contributed by atoms with Crippen molar-refractivity contribution in [3.05, 3.63) is 212 Å². The van der Waals surface area contributed by atoms with E-state index in [0.717, 1.165) is 81.3 Å². The Labute approximate surface area is 494 Å². The Balaban J connectivity index is 1.00. The van der Waals surface area contributed by atoms with Crippen molar-refractivity contribution in [1.29, 1.82) is 0 Å². The summed E-state index contributed by atoms with van der Waals surface area (Å²) < 4.78 is 55.5. The molecule has 0 unspecified atom stereocenters. The van der Waals surface area contributed by atoms with Gasteiger partial charge >= 0.3 is 0 Å². The highest BCUT2D eigenvalue weighted by molar-refractivity contribution is 7.86. The Morgan fingerprint density at radius 3 is 2.32 bits per heavy atom. The number of hydrogen-bond donors (Lipinski definition) is 7. The highest BCUT2D eigenvalue weighted by Gasteiger charge is 2.51. The van der Waals surface area contributed by atoms with Crippen LogP contribution in [0.15, 0.2) is 156 Å². The average molecular weight is 1150 g/mol. The van der Waals surface area contributed by atoms with E-state index in [-0.39, 0.29) is 73.5 Å². The summed E-state index contributed by atoms with van der Waals surface area (Å²) in [5, 5.41) is 44.5. The van der Waals surface area contributed by atoms with Gasteiger partial charge in [-0.05, 0) is 193 Å². The number of ether oxygens (including phenoxy) is 2. The van der Waals surface area contributed by atoms with Gasteiger partial charge < -0.3 is 41.4 Å². The molecule has 1 saturated heterocycles. The molecule has 6 aromatic rings. The zero-order valence-corrected chi connectivity index (χ0v) is 48.7. The Kier molecular flexibility index (Phi) is 16.4. The third-order valence-electron chi connectivity index (χ3n) is 20.0. The van der Waals surface area contributed by atoms with Gasteiger partial charge in [0.15, 0.2) is 5.96 Å². The summed E-state index contributed by atoms with van der Waals surface area (Å²) in [5.74, 6) is 4.93. The number of hydrogen-bond acceptors (Lipinski definition) is 9. The zero-order valence-electron chi connectivity index (χ0n) is 47.9. The molecule has 84 heavy (non-hydrogen) atoms. The van der Waals surface area contributed by atoms with Gasteiger partial charge in [-0.3, -0.25) is 4.55 Å². The fraction of sp³-hybridized carbons (Fsp3) is 0.423. The highest BCUT2D eigenvalue weighted by atomic mass is 32.2. The first kappa shape index (κ1) is 57.7. The van der Waals surface area contributed by atoms with E-state index >= 15 is 0 Å². The number of guanidine groups is 1. The van der Waals surface area contributed by atoms with Gasteiger partial charge in [0.05, 0.1) is 23.6 Å². The number of nitrogens with two attached hydrogens (primary N) is 2. The van der Waals surface area contributed by atoms with Crippen molar-refractivity contribution >= 4 is 16.1 Å². The Bertz CT molecular complexity index is 3600. The van der Waals surface area contributed by atoms with Gasteiger partial charge in [0, 0.05) is 42.1 Å². The molecular weight excluding hydrogens is 1070 g/mol. The second-order valence-corrected chi connectivity index (χ2v) is 27.0. The van der Waals surface area contributed by atoms with Crippen LogP contribution in [0, 0.1) is 41.4 Å². The largest absolute Gasteiger partial charge is 0.508 e.